The van der Waals surface area contributed by atoms with Crippen molar-refractivity contribution in [2.75, 3.05) is 13.2 Å². The molecule has 0 fully saturated rings. The number of rotatable bonds is 14. The van der Waals surface area contributed by atoms with Crippen molar-refractivity contribution < 1.29 is 24.2 Å². The van der Waals surface area contributed by atoms with Gasteiger partial charge in [0.05, 0.1) is 13.0 Å². The van der Waals surface area contributed by atoms with E-state index in [-0.39, 0.29) is 25.2 Å². The molecular weight excluding hydrogens is 376 g/mol. The van der Waals surface area contributed by atoms with Crippen LogP contribution < -0.4 is 9.47 Å². The van der Waals surface area contributed by atoms with E-state index in [0.717, 1.165) is 12.2 Å². The predicted octanol–water partition coefficient (Wildman–Crippen LogP) is 2.86. The number of hydrogen-bond donors (Lipinski definition) is 1. The van der Waals surface area contributed by atoms with Crippen LogP contribution in [0.2, 0.25) is 0 Å². The van der Waals surface area contributed by atoms with Crippen molar-refractivity contribution in [2.45, 2.75) is 58.4 Å². The fourth-order valence-electron chi connectivity index (χ4n) is 2.49. The summed E-state index contributed by atoms with van der Waals surface area (Å²) < 4.78 is 11.2. The quantitative estimate of drug-likeness (QED) is 0.478. The van der Waals surface area contributed by atoms with Crippen LogP contribution in [-0.4, -0.2) is 50.3 Å². The molecule has 29 heavy (non-hydrogen) atoms. The van der Waals surface area contributed by atoms with E-state index in [4.69, 9.17) is 14.6 Å². The van der Waals surface area contributed by atoms with Crippen molar-refractivity contribution in [2.24, 2.45) is 0 Å². The van der Waals surface area contributed by atoms with Crippen molar-refractivity contribution in [3.05, 3.63) is 30.1 Å². The summed E-state index contributed by atoms with van der Waals surface area (Å²) in [5.41, 5.74) is 0. The van der Waals surface area contributed by atoms with Gasteiger partial charge in [0, 0.05) is 6.42 Å². The third-order valence-electron chi connectivity index (χ3n) is 4.32. The van der Waals surface area contributed by atoms with Crippen LogP contribution in [0.4, 0.5) is 0 Å². The van der Waals surface area contributed by atoms with Gasteiger partial charge in [0.15, 0.2) is 11.6 Å². The molecule has 1 aromatic heterocycles. The number of benzene rings is 1. The molecule has 1 heterocycles. The summed E-state index contributed by atoms with van der Waals surface area (Å²) in [6.45, 7) is 4.37. The van der Waals surface area contributed by atoms with E-state index in [9.17, 15) is 9.59 Å². The van der Waals surface area contributed by atoms with Gasteiger partial charge >= 0.3 is 5.97 Å². The number of carboxylic acids is 1. The second-order valence-electron chi connectivity index (χ2n) is 6.73. The lowest BCUT2D eigenvalue weighted by atomic mass is 10.2. The van der Waals surface area contributed by atoms with Gasteiger partial charge in [-0.05, 0) is 42.8 Å². The van der Waals surface area contributed by atoms with E-state index in [2.05, 4.69) is 22.3 Å². The molecule has 1 N–H and O–H groups in total. The Labute approximate surface area is 170 Å². The van der Waals surface area contributed by atoms with Gasteiger partial charge in [0.1, 0.15) is 24.1 Å². The largest absolute Gasteiger partial charge is 0.494 e. The summed E-state index contributed by atoms with van der Waals surface area (Å²) in [6, 6.07) is 6.49. The van der Waals surface area contributed by atoms with Gasteiger partial charge in [0.25, 0.3) is 0 Å². The molecule has 0 saturated carbocycles. The number of ether oxygens (including phenoxy) is 2. The lowest BCUT2D eigenvalue weighted by molar-refractivity contribution is -0.137. The zero-order valence-electron chi connectivity index (χ0n) is 16.9. The number of hydrogen-bond acceptors (Lipinski definition) is 7. The average Bonchev–Trinajstić information content (AvgIpc) is 3.19. The molecule has 1 unspecified atom stereocenters. The normalized spacial score (nSPS) is 11.8. The Hall–Kier alpha value is -2.97. The van der Waals surface area contributed by atoms with Gasteiger partial charge in [-0.1, -0.05) is 26.2 Å². The molecule has 2 aromatic rings. The molecule has 0 amide bonds. The second-order valence-corrected chi connectivity index (χ2v) is 6.73. The molecule has 0 saturated heterocycles. The Bertz CT molecular complexity index is 775. The molecule has 1 atom stereocenters. The predicted molar refractivity (Wildman–Crippen MR) is 105 cm³/mol. The smallest absolute Gasteiger partial charge is 0.303 e. The maximum Gasteiger partial charge on any atom is 0.303 e. The van der Waals surface area contributed by atoms with E-state index < -0.39 is 12.0 Å². The number of carbonyl (C=O) groups is 2. The first-order valence-corrected chi connectivity index (χ1v) is 9.88. The van der Waals surface area contributed by atoms with Gasteiger partial charge < -0.3 is 14.6 Å². The summed E-state index contributed by atoms with van der Waals surface area (Å²) >= 11 is 0. The van der Waals surface area contributed by atoms with Gasteiger partial charge in [-0.25, -0.2) is 0 Å². The van der Waals surface area contributed by atoms with Crippen molar-refractivity contribution in [3.8, 4) is 11.5 Å². The summed E-state index contributed by atoms with van der Waals surface area (Å²) in [6.07, 6.45) is 4.69. The van der Waals surface area contributed by atoms with Gasteiger partial charge in [-0.3, -0.25) is 9.59 Å². The number of ketones is 1. The van der Waals surface area contributed by atoms with E-state index in [1.54, 1.807) is 19.1 Å². The first kappa shape index (κ1) is 22.3. The summed E-state index contributed by atoms with van der Waals surface area (Å²) in [5.74, 6) is 0.473. The first-order chi connectivity index (χ1) is 14.0. The first-order valence-electron chi connectivity index (χ1n) is 9.88. The lowest BCUT2D eigenvalue weighted by Crippen LogP contribution is -2.24. The molecule has 9 nitrogen and oxygen atoms in total. The fraction of sp³-hybridized carbons (Fsp3) is 0.550. The molecule has 1 aromatic carbocycles. The van der Waals surface area contributed by atoms with Crippen LogP contribution in [0.1, 0.15) is 57.8 Å². The monoisotopic (exact) mass is 404 g/mol. The number of aryl methyl sites for hydroxylation is 1. The Morgan fingerprint density at radius 1 is 1.10 bits per heavy atom. The molecule has 0 bridgehead atoms. The number of nitrogens with zero attached hydrogens (tertiary/aromatic N) is 4. The van der Waals surface area contributed by atoms with Crippen molar-refractivity contribution in [3.63, 3.8) is 0 Å². The van der Waals surface area contributed by atoms with Crippen LogP contribution in [0.25, 0.3) is 0 Å². The molecule has 158 valence electrons. The van der Waals surface area contributed by atoms with E-state index >= 15 is 0 Å². The van der Waals surface area contributed by atoms with E-state index in [1.165, 1.54) is 24.1 Å². The molecule has 0 spiro atoms. The van der Waals surface area contributed by atoms with Crippen LogP contribution in [0.3, 0.4) is 0 Å². The summed E-state index contributed by atoms with van der Waals surface area (Å²) in [7, 11) is 0. The molecule has 2 rings (SSSR count). The van der Waals surface area contributed by atoms with Gasteiger partial charge in [0.2, 0.25) is 0 Å². The van der Waals surface area contributed by atoms with Crippen molar-refractivity contribution in [1.29, 1.82) is 0 Å². The zero-order valence-corrected chi connectivity index (χ0v) is 16.9. The minimum atomic E-state index is -0.938. The zero-order chi connectivity index (χ0) is 21.1. The van der Waals surface area contributed by atoms with Crippen LogP contribution >= 0.6 is 0 Å². The molecule has 0 radical (unpaired) electrons. The van der Waals surface area contributed by atoms with E-state index in [0.29, 0.717) is 18.2 Å². The lowest BCUT2D eigenvalue weighted by Gasteiger charge is -2.11. The topological polar surface area (TPSA) is 116 Å². The number of unbranched alkanes of at least 4 members (excludes halogenated alkanes) is 3. The molecule has 0 aliphatic rings. The van der Waals surface area contributed by atoms with Crippen LogP contribution in [0.15, 0.2) is 24.3 Å². The Morgan fingerprint density at radius 2 is 1.79 bits per heavy atom. The van der Waals surface area contributed by atoms with Crippen molar-refractivity contribution in [1.82, 2.24) is 20.2 Å². The number of aromatic nitrogens is 4. The minimum absolute atomic E-state index is 0.0877. The molecular formula is C20H28N4O5. The number of Topliss-reactive ketones (excluding diaryl/α,β-unsaturated/α-hetero) is 1. The number of carboxylic acid groups (broad SMARTS) is 1. The van der Waals surface area contributed by atoms with Crippen LogP contribution in [0.5, 0.6) is 11.5 Å². The van der Waals surface area contributed by atoms with Gasteiger partial charge in [-0.2, -0.15) is 4.80 Å². The standard InChI is InChI=1S/C20H28N4O5/c1-3-4-5-6-13-28-16-7-9-17(10-8-16)29-14-18(25)15(2)24-22-19(21-23-24)11-12-20(26)27/h7-10,15H,3-6,11-14H2,1-2H3,(H,26,27). The Kier molecular flexibility index (Phi) is 9.07. The number of carbonyl (C=O) groups excluding carboxylic acids is 1. The average molecular weight is 404 g/mol. The van der Waals surface area contributed by atoms with Crippen LogP contribution in [-0.2, 0) is 16.0 Å². The second kappa shape index (κ2) is 11.8. The third-order valence-corrected chi connectivity index (χ3v) is 4.32. The Morgan fingerprint density at radius 3 is 2.45 bits per heavy atom. The Balaban J connectivity index is 1.75. The SMILES string of the molecule is CCCCCCOc1ccc(OCC(=O)C(C)n2nnc(CCC(=O)O)n2)cc1. The molecule has 0 aliphatic heterocycles. The number of aliphatic carboxylic acids is 1. The van der Waals surface area contributed by atoms with Crippen LogP contribution in [0, 0.1) is 0 Å². The van der Waals surface area contributed by atoms with Crippen molar-refractivity contribution >= 4 is 11.8 Å². The highest BCUT2D eigenvalue weighted by Crippen LogP contribution is 2.18. The van der Waals surface area contributed by atoms with E-state index in [1.807, 2.05) is 12.1 Å². The highest BCUT2D eigenvalue weighted by molar-refractivity contribution is 5.83. The maximum atomic E-state index is 12.3. The maximum absolute atomic E-state index is 12.3. The summed E-state index contributed by atoms with van der Waals surface area (Å²) in [5, 5.41) is 20.3. The molecule has 9 heteroatoms. The number of tetrazole rings is 1. The minimum Gasteiger partial charge on any atom is -0.494 e. The van der Waals surface area contributed by atoms with Gasteiger partial charge in [-0.15, -0.1) is 10.2 Å². The highest BCUT2D eigenvalue weighted by Gasteiger charge is 2.19. The molecule has 0 aliphatic carbocycles. The fourth-order valence-corrected chi connectivity index (χ4v) is 2.49. The third kappa shape index (κ3) is 7.89. The summed E-state index contributed by atoms with van der Waals surface area (Å²) in [4.78, 5) is 24.1. The highest BCUT2D eigenvalue weighted by atomic mass is 16.5.